The number of carbonyl (C=O) groups is 1. The first-order valence-electron chi connectivity index (χ1n) is 11.6. The van der Waals surface area contributed by atoms with E-state index in [4.69, 9.17) is 0 Å². The highest BCUT2D eigenvalue weighted by Crippen LogP contribution is 2.51. The van der Waals surface area contributed by atoms with Crippen LogP contribution >= 0.6 is 0 Å². The van der Waals surface area contributed by atoms with Crippen molar-refractivity contribution in [1.82, 2.24) is 9.88 Å². The maximum absolute atomic E-state index is 13.5. The van der Waals surface area contributed by atoms with E-state index in [1.54, 1.807) is 0 Å². The Morgan fingerprint density at radius 3 is 2.74 bits per heavy atom. The second-order valence-electron chi connectivity index (χ2n) is 9.51. The lowest BCUT2D eigenvalue weighted by atomic mass is 9.76. The summed E-state index contributed by atoms with van der Waals surface area (Å²) in [7, 11) is 0. The van der Waals surface area contributed by atoms with Crippen LogP contribution in [0, 0.1) is 11.8 Å². The molecule has 3 heterocycles. The largest absolute Gasteiger partial charge is 0.377 e. The minimum Gasteiger partial charge on any atom is -0.377 e. The maximum Gasteiger partial charge on any atom is 0.255 e. The van der Waals surface area contributed by atoms with Crippen molar-refractivity contribution in [1.29, 1.82) is 0 Å². The van der Waals surface area contributed by atoms with Crippen molar-refractivity contribution in [2.24, 2.45) is 11.8 Å². The predicted molar refractivity (Wildman–Crippen MR) is 125 cm³/mol. The van der Waals surface area contributed by atoms with Crippen LogP contribution in [0.15, 0.2) is 60.8 Å². The lowest BCUT2D eigenvalue weighted by molar-refractivity contribution is 0.0698. The van der Waals surface area contributed by atoms with Gasteiger partial charge in [0.05, 0.1) is 17.3 Å². The third-order valence-electron chi connectivity index (χ3n) is 7.65. The zero-order chi connectivity index (χ0) is 20.9. The number of aromatic nitrogens is 1. The van der Waals surface area contributed by atoms with Crippen LogP contribution in [0.25, 0.3) is 10.9 Å². The van der Waals surface area contributed by atoms with Crippen LogP contribution < -0.4 is 5.32 Å². The Bertz CT molecular complexity index is 1170. The van der Waals surface area contributed by atoms with Gasteiger partial charge in [0.2, 0.25) is 0 Å². The van der Waals surface area contributed by atoms with Gasteiger partial charge in [-0.25, -0.2) is 0 Å². The van der Waals surface area contributed by atoms with Gasteiger partial charge in [-0.2, -0.15) is 0 Å². The number of rotatable bonds is 2. The number of nitrogens with zero attached hydrogens (tertiary/aromatic N) is 1. The van der Waals surface area contributed by atoms with Gasteiger partial charge in [0, 0.05) is 36.1 Å². The molecule has 1 fully saturated rings. The zero-order valence-electron chi connectivity index (χ0n) is 18.0. The zero-order valence-corrected chi connectivity index (χ0v) is 18.0. The summed E-state index contributed by atoms with van der Waals surface area (Å²) in [5.74, 6) is 1.70. The van der Waals surface area contributed by atoms with Crippen molar-refractivity contribution in [3.05, 3.63) is 77.5 Å². The van der Waals surface area contributed by atoms with Gasteiger partial charge in [-0.05, 0) is 54.4 Å². The summed E-state index contributed by atoms with van der Waals surface area (Å²) < 4.78 is 0. The highest BCUT2D eigenvalue weighted by molar-refractivity contribution is 6.01. The van der Waals surface area contributed by atoms with Crippen molar-refractivity contribution in [3.8, 4) is 0 Å². The molecule has 1 saturated heterocycles. The molecule has 3 unspecified atom stereocenters. The van der Waals surface area contributed by atoms with Crippen LogP contribution in [-0.4, -0.2) is 28.9 Å². The number of anilines is 1. The summed E-state index contributed by atoms with van der Waals surface area (Å²) in [6, 6.07) is 15.0. The van der Waals surface area contributed by atoms with Crippen molar-refractivity contribution >= 4 is 22.5 Å². The molecule has 2 N–H and O–H groups in total. The van der Waals surface area contributed by atoms with Crippen LogP contribution in [0.4, 0.5) is 5.69 Å². The van der Waals surface area contributed by atoms with Crippen LogP contribution in [0.2, 0.25) is 0 Å². The van der Waals surface area contributed by atoms with E-state index in [2.05, 4.69) is 76.9 Å². The van der Waals surface area contributed by atoms with E-state index in [0.717, 1.165) is 43.6 Å². The van der Waals surface area contributed by atoms with E-state index in [0.29, 0.717) is 17.8 Å². The molecule has 4 heteroatoms. The Morgan fingerprint density at radius 2 is 1.87 bits per heavy atom. The molecule has 4 nitrogen and oxygen atoms in total. The van der Waals surface area contributed by atoms with E-state index in [9.17, 15) is 4.79 Å². The number of hydrogen-bond acceptors (Lipinski definition) is 2. The van der Waals surface area contributed by atoms with E-state index in [1.807, 2.05) is 6.07 Å². The molecule has 31 heavy (non-hydrogen) atoms. The molecule has 0 radical (unpaired) electrons. The standard InChI is InChI=1S/C27H29N3O/c1-17-12-14-30(15-13-17)27(31)22-10-5-9-20-18-7-4-8-21(18)26(29-25(20)22)23-16-28-24-11-3-2-6-19(23)24/h2-7,9-11,16-18,21,26,28-29H,8,12-15H2,1H3. The SMILES string of the molecule is CC1CCN(C(=O)c2cccc3c2NC(c2c[nH]c4ccccc24)C2CC=CC32)CC1. The van der Waals surface area contributed by atoms with E-state index < -0.39 is 0 Å². The number of aromatic amines is 1. The van der Waals surface area contributed by atoms with E-state index >= 15 is 0 Å². The van der Waals surface area contributed by atoms with Gasteiger partial charge in [-0.3, -0.25) is 4.79 Å². The molecular weight excluding hydrogens is 382 g/mol. The fourth-order valence-corrected chi connectivity index (χ4v) is 5.84. The van der Waals surface area contributed by atoms with Gasteiger partial charge in [0.25, 0.3) is 5.91 Å². The third-order valence-corrected chi connectivity index (χ3v) is 7.65. The number of para-hydroxylation sites is 2. The first-order valence-corrected chi connectivity index (χ1v) is 11.6. The number of carbonyl (C=O) groups excluding carboxylic acids is 1. The average molecular weight is 412 g/mol. The second-order valence-corrected chi connectivity index (χ2v) is 9.51. The monoisotopic (exact) mass is 411 g/mol. The molecule has 6 rings (SSSR count). The molecule has 0 spiro atoms. The van der Waals surface area contributed by atoms with Crippen LogP contribution in [0.3, 0.4) is 0 Å². The molecule has 1 aliphatic carbocycles. The highest BCUT2D eigenvalue weighted by atomic mass is 16.2. The van der Waals surface area contributed by atoms with Crippen LogP contribution in [-0.2, 0) is 0 Å². The van der Waals surface area contributed by atoms with Crippen molar-refractivity contribution in [2.75, 3.05) is 18.4 Å². The summed E-state index contributed by atoms with van der Waals surface area (Å²) in [5, 5.41) is 5.12. The number of fused-ring (bicyclic) bond motifs is 4. The summed E-state index contributed by atoms with van der Waals surface area (Å²) in [5.41, 5.74) is 5.60. The smallest absolute Gasteiger partial charge is 0.255 e. The molecule has 0 saturated carbocycles. The van der Waals surface area contributed by atoms with Crippen molar-refractivity contribution in [2.45, 2.75) is 38.1 Å². The molecule has 2 aromatic carbocycles. The molecular formula is C27H29N3O. The predicted octanol–water partition coefficient (Wildman–Crippen LogP) is 5.87. The third kappa shape index (κ3) is 3.00. The van der Waals surface area contributed by atoms with Gasteiger partial charge in [-0.1, -0.05) is 49.4 Å². The van der Waals surface area contributed by atoms with Crippen molar-refractivity contribution in [3.63, 3.8) is 0 Å². The number of likely N-dealkylation sites (tertiary alicyclic amines) is 1. The lowest BCUT2D eigenvalue weighted by Crippen LogP contribution is -2.39. The Hall–Kier alpha value is -3.01. The molecule has 3 atom stereocenters. The van der Waals surface area contributed by atoms with Gasteiger partial charge in [0.1, 0.15) is 0 Å². The molecule has 158 valence electrons. The van der Waals surface area contributed by atoms with Gasteiger partial charge in [-0.15, -0.1) is 0 Å². The quantitative estimate of drug-likeness (QED) is 0.518. The molecule has 3 aromatic rings. The van der Waals surface area contributed by atoms with Gasteiger partial charge in [0.15, 0.2) is 0 Å². The summed E-state index contributed by atoms with van der Waals surface area (Å²) in [6.45, 7) is 4.01. The van der Waals surface area contributed by atoms with E-state index in [1.165, 1.54) is 22.0 Å². The molecule has 1 amide bonds. The Labute approximate surface area is 183 Å². The summed E-state index contributed by atoms with van der Waals surface area (Å²) >= 11 is 0. The fourth-order valence-electron chi connectivity index (χ4n) is 5.84. The first kappa shape index (κ1) is 18.7. The Kier molecular flexibility index (Phi) is 4.41. The number of benzene rings is 2. The first-order chi connectivity index (χ1) is 15.2. The summed E-state index contributed by atoms with van der Waals surface area (Å²) in [4.78, 5) is 19.0. The van der Waals surface area contributed by atoms with Gasteiger partial charge >= 0.3 is 0 Å². The number of nitrogens with one attached hydrogen (secondary N) is 2. The lowest BCUT2D eigenvalue weighted by Gasteiger charge is -2.39. The normalized spacial score (nSPS) is 25.3. The number of piperidine rings is 1. The van der Waals surface area contributed by atoms with E-state index in [-0.39, 0.29) is 11.9 Å². The highest BCUT2D eigenvalue weighted by Gasteiger charge is 2.40. The topological polar surface area (TPSA) is 48.1 Å². The number of amides is 1. The maximum atomic E-state index is 13.5. The Morgan fingerprint density at radius 1 is 1.03 bits per heavy atom. The molecule has 3 aliphatic rings. The number of H-pyrrole nitrogens is 1. The molecule has 2 aliphatic heterocycles. The second kappa shape index (κ2) is 7.30. The summed E-state index contributed by atoms with van der Waals surface area (Å²) in [6.07, 6.45) is 10.1. The fraction of sp³-hybridized carbons (Fsp3) is 0.370. The molecule has 0 bridgehead atoms. The van der Waals surface area contributed by atoms with Crippen LogP contribution in [0.5, 0.6) is 0 Å². The molecule has 1 aromatic heterocycles. The number of hydrogen-bond donors (Lipinski definition) is 2. The van der Waals surface area contributed by atoms with Crippen molar-refractivity contribution < 1.29 is 4.79 Å². The average Bonchev–Trinajstić information content (AvgIpc) is 3.46. The van der Waals surface area contributed by atoms with Crippen LogP contribution in [0.1, 0.15) is 59.6 Å². The number of allylic oxidation sites excluding steroid dienone is 2. The minimum absolute atomic E-state index is 0.175. The Balaban J connectivity index is 1.42. The van der Waals surface area contributed by atoms with Gasteiger partial charge < -0.3 is 15.2 Å². The minimum atomic E-state index is 0.175.